The van der Waals surface area contributed by atoms with Crippen molar-refractivity contribution in [3.63, 3.8) is 0 Å². The van der Waals surface area contributed by atoms with E-state index < -0.39 is 0 Å². The maximum absolute atomic E-state index is 12.1. The predicted octanol–water partition coefficient (Wildman–Crippen LogP) is 8.53. The molecule has 0 radical (unpaired) electrons. The minimum Gasteiger partial charge on any atom is -0.457 e. The van der Waals surface area contributed by atoms with Gasteiger partial charge in [-0.3, -0.25) is 4.79 Å². The van der Waals surface area contributed by atoms with Crippen LogP contribution in [-0.4, -0.2) is 31.6 Å². The maximum atomic E-state index is 12.1. The van der Waals surface area contributed by atoms with E-state index in [9.17, 15) is 4.79 Å². The minimum absolute atomic E-state index is 0.110. The number of unbranched alkanes of at least 4 members (excludes halogenated alkanes) is 12. The first-order valence-electron chi connectivity index (χ1n) is 14.3. The summed E-state index contributed by atoms with van der Waals surface area (Å²) < 4.78 is 17.3. The van der Waals surface area contributed by atoms with Gasteiger partial charge in [0.05, 0.1) is 13.2 Å². The SMILES string of the molecule is CCCCCCCC/C=C/CCCCCCCC(=O)OC1COC(C(CC)CCCC)OC1. The molecule has 0 aromatic heterocycles. The number of carbonyl (C=O) groups excluding carboxylic acids is 1. The van der Waals surface area contributed by atoms with Gasteiger partial charge in [-0.25, -0.2) is 0 Å². The highest BCUT2D eigenvalue weighted by molar-refractivity contribution is 5.69. The molecule has 1 atom stereocenters. The molecule has 4 heteroatoms. The van der Waals surface area contributed by atoms with Crippen molar-refractivity contribution in [1.82, 2.24) is 0 Å². The van der Waals surface area contributed by atoms with Gasteiger partial charge < -0.3 is 14.2 Å². The lowest BCUT2D eigenvalue weighted by atomic mass is 9.98. The van der Waals surface area contributed by atoms with Crippen molar-refractivity contribution < 1.29 is 19.0 Å². The van der Waals surface area contributed by atoms with Crippen molar-refractivity contribution in [2.45, 2.75) is 149 Å². The van der Waals surface area contributed by atoms with Crippen LogP contribution >= 0.6 is 0 Å². The molecule has 1 fully saturated rings. The number of carbonyl (C=O) groups is 1. The molecule has 1 rings (SSSR count). The van der Waals surface area contributed by atoms with Crippen molar-refractivity contribution in [2.75, 3.05) is 13.2 Å². The number of esters is 1. The van der Waals surface area contributed by atoms with Crippen LogP contribution in [0.5, 0.6) is 0 Å². The van der Waals surface area contributed by atoms with Gasteiger partial charge in [-0.15, -0.1) is 0 Å². The molecule has 1 heterocycles. The molecule has 0 N–H and O–H groups in total. The predicted molar refractivity (Wildman–Crippen MR) is 138 cm³/mol. The summed E-state index contributed by atoms with van der Waals surface area (Å²) in [7, 11) is 0. The number of ether oxygens (including phenoxy) is 3. The van der Waals surface area contributed by atoms with Gasteiger partial charge in [-0.1, -0.05) is 97.1 Å². The number of hydrogen-bond donors (Lipinski definition) is 0. The lowest BCUT2D eigenvalue weighted by Gasteiger charge is -2.33. The third kappa shape index (κ3) is 16.4. The second kappa shape index (κ2) is 21.6. The summed E-state index contributed by atoms with van der Waals surface area (Å²) in [4.78, 5) is 12.1. The fourth-order valence-corrected chi connectivity index (χ4v) is 4.42. The Morgan fingerprint density at radius 3 is 1.91 bits per heavy atom. The lowest BCUT2D eigenvalue weighted by Crippen LogP contribution is -2.41. The van der Waals surface area contributed by atoms with E-state index in [4.69, 9.17) is 14.2 Å². The van der Waals surface area contributed by atoms with E-state index in [1.807, 2.05) is 0 Å². The van der Waals surface area contributed by atoms with Gasteiger partial charge in [-0.2, -0.15) is 0 Å². The van der Waals surface area contributed by atoms with Crippen LogP contribution < -0.4 is 0 Å². The molecule has 0 saturated carbocycles. The molecule has 4 nitrogen and oxygen atoms in total. The van der Waals surface area contributed by atoms with Gasteiger partial charge in [0.25, 0.3) is 0 Å². The molecule has 0 aromatic carbocycles. The first-order chi connectivity index (χ1) is 16.2. The molecule has 1 unspecified atom stereocenters. The van der Waals surface area contributed by atoms with E-state index in [1.165, 1.54) is 83.5 Å². The molecule has 0 bridgehead atoms. The number of allylic oxidation sites excluding steroid dienone is 2. The van der Waals surface area contributed by atoms with Crippen molar-refractivity contribution >= 4 is 5.97 Å². The van der Waals surface area contributed by atoms with Gasteiger partial charge in [0.2, 0.25) is 0 Å². The van der Waals surface area contributed by atoms with Gasteiger partial charge in [0, 0.05) is 12.3 Å². The second-order valence-corrected chi connectivity index (χ2v) is 9.79. The van der Waals surface area contributed by atoms with Gasteiger partial charge in [0.15, 0.2) is 6.29 Å². The number of rotatable bonds is 21. The first-order valence-corrected chi connectivity index (χ1v) is 14.3. The quantitative estimate of drug-likeness (QED) is 0.0965. The number of hydrogen-bond acceptors (Lipinski definition) is 4. The Morgan fingerprint density at radius 1 is 0.788 bits per heavy atom. The topological polar surface area (TPSA) is 44.8 Å². The third-order valence-corrected chi connectivity index (χ3v) is 6.67. The largest absolute Gasteiger partial charge is 0.457 e. The minimum atomic E-state index is -0.249. The van der Waals surface area contributed by atoms with E-state index in [1.54, 1.807) is 0 Å². The smallest absolute Gasteiger partial charge is 0.306 e. The summed E-state index contributed by atoms with van der Waals surface area (Å²) in [5, 5.41) is 0. The van der Waals surface area contributed by atoms with Crippen LogP contribution in [0.25, 0.3) is 0 Å². The normalized spacial score (nSPS) is 19.7. The summed E-state index contributed by atoms with van der Waals surface area (Å²) in [6.07, 6.45) is 25.8. The molecule has 0 aromatic rings. The van der Waals surface area contributed by atoms with E-state index >= 15 is 0 Å². The van der Waals surface area contributed by atoms with Gasteiger partial charge in [0.1, 0.15) is 6.10 Å². The molecule has 0 spiro atoms. The molecule has 1 aliphatic heterocycles. The molecular formula is C29H54O4. The average Bonchev–Trinajstić information content (AvgIpc) is 2.83. The standard InChI is InChI=1S/C29H54O4/c1-4-7-9-10-11-12-13-14-15-16-17-18-19-20-21-23-28(30)33-27-24-31-29(32-25-27)26(6-3)22-8-5-2/h14-15,26-27,29H,4-13,16-25H2,1-3H3/b15-14+. The lowest BCUT2D eigenvalue weighted by molar-refractivity contribution is -0.245. The van der Waals surface area contributed by atoms with Crippen molar-refractivity contribution in [3.05, 3.63) is 12.2 Å². The van der Waals surface area contributed by atoms with Crippen LogP contribution in [0.15, 0.2) is 12.2 Å². The maximum Gasteiger partial charge on any atom is 0.306 e. The van der Waals surface area contributed by atoms with E-state index in [-0.39, 0.29) is 18.4 Å². The molecule has 1 saturated heterocycles. The van der Waals surface area contributed by atoms with E-state index in [2.05, 4.69) is 32.9 Å². The second-order valence-electron chi connectivity index (χ2n) is 9.79. The van der Waals surface area contributed by atoms with Crippen LogP contribution in [0.3, 0.4) is 0 Å². The summed E-state index contributed by atoms with van der Waals surface area (Å²) in [6, 6.07) is 0. The van der Waals surface area contributed by atoms with Crippen molar-refractivity contribution in [1.29, 1.82) is 0 Å². The molecule has 1 aliphatic rings. The highest BCUT2D eigenvalue weighted by Crippen LogP contribution is 2.24. The molecule has 0 amide bonds. The van der Waals surface area contributed by atoms with E-state index in [0.717, 1.165) is 25.7 Å². The van der Waals surface area contributed by atoms with Crippen LogP contribution in [0.2, 0.25) is 0 Å². The zero-order chi connectivity index (χ0) is 24.0. The van der Waals surface area contributed by atoms with Crippen LogP contribution in [0.4, 0.5) is 0 Å². The fourth-order valence-electron chi connectivity index (χ4n) is 4.42. The summed E-state index contributed by atoms with van der Waals surface area (Å²) in [5.74, 6) is 0.332. The summed E-state index contributed by atoms with van der Waals surface area (Å²) >= 11 is 0. The Bertz CT molecular complexity index is 468. The highest BCUT2D eigenvalue weighted by atomic mass is 16.7. The Balaban J connectivity index is 1.93. The molecular weight excluding hydrogens is 412 g/mol. The Morgan fingerprint density at radius 2 is 1.33 bits per heavy atom. The molecule has 33 heavy (non-hydrogen) atoms. The summed E-state index contributed by atoms with van der Waals surface area (Å²) in [6.45, 7) is 7.59. The highest BCUT2D eigenvalue weighted by Gasteiger charge is 2.29. The molecule has 194 valence electrons. The molecule has 0 aliphatic carbocycles. The van der Waals surface area contributed by atoms with Gasteiger partial charge in [-0.05, 0) is 44.9 Å². The van der Waals surface area contributed by atoms with Crippen molar-refractivity contribution in [3.8, 4) is 0 Å². The van der Waals surface area contributed by atoms with Crippen LogP contribution in [0.1, 0.15) is 136 Å². The Kier molecular flexibility index (Phi) is 19.8. The summed E-state index contributed by atoms with van der Waals surface area (Å²) in [5.41, 5.74) is 0. The zero-order valence-electron chi connectivity index (χ0n) is 22.2. The third-order valence-electron chi connectivity index (χ3n) is 6.67. The van der Waals surface area contributed by atoms with Crippen LogP contribution in [0, 0.1) is 5.92 Å². The van der Waals surface area contributed by atoms with E-state index in [0.29, 0.717) is 25.6 Å². The zero-order valence-corrected chi connectivity index (χ0v) is 22.2. The van der Waals surface area contributed by atoms with Crippen LogP contribution in [-0.2, 0) is 19.0 Å². The van der Waals surface area contributed by atoms with Gasteiger partial charge >= 0.3 is 5.97 Å². The Labute approximate surface area is 205 Å². The average molecular weight is 467 g/mol. The van der Waals surface area contributed by atoms with Crippen molar-refractivity contribution in [2.24, 2.45) is 5.92 Å². The first kappa shape index (κ1) is 30.2. The fraction of sp³-hybridized carbons (Fsp3) is 0.897. The Hall–Kier alpha value is -0.870. The monoisotopic (exact) mass is 466 g/mol.